The van der Waals surface area contributed by atoms with Gasteiger partial charge in [-0.2, -0.15) is 0 Å². The largest absolute Gasteiger partial charge is 0.356 e. The third-order valence-electron chi connectivity index (χ3n) is 2.32. The summed E-state index contributed by atoms with van der Waals surface area (Å²) in [6.45, 7) is 1.83. The van der Waals surface area contributed by atoms with Crippen molar-refractivity contribution in [2.45, 2.75) is 13.2 Å². The molecule has 0 N–H and O–H groups in total. The van der Waals surface area contributed by atoms with Crippen LogP contribution in [0.25, 0.3) is 11.1 Å². The molecular weight excluding hydrogens is 200 g/mol. The van der Waals surface area contributed by atoms with Gasteiger partial charge in [-0.1, -0.05) is 48.5 Å². The van der Waals surface area contributed by atoms with Crippen molar-refractivity contribution >= 4 is 0 Å². The van der Waals surface area contributed by atoms with E-state index in [1.807, 2.05) is 13.0 Å². The van der Waals surface area contributed by atoms with E-state index < -0.39 is 0 Å². The summed E-state index contributed by atoms with van der Waals surface area (Å²) in [5.74, 6) is 0. The molecule has 0 heterocycles. The Morgan fingerprint density at radius 1 is 0.750 bits per heavy atom. The molecule has 16 heavy (non-hydrogen) atoms. The molecule has 2 aliphatic carbocycles. The first kappa shape index (κ1) is 12.7. The highest BCUT2D eigenvalue weighted by Crippen LogP contribution is 2.19. The van der Waals surface area contributed by atoms with Crippen LogP contribution >= 0.6 is 0 Å². The van der Waals surface area contributed by atoms with Crippen LogP contribution in [0.3, 0.4) is 0 Å². The van der Waals surface area contributed by atoms with Gasteiger partial charge in [0.05, 0.1) is 0 Å². The molecule has 0 atom stereocenters. The first-order valence-corrected chi connectivity index (χ1v) is 5.27. The van der Waals surface area contributed by atoms with E-state index in [2.05, 4.69) is 51.9 Å². The highest BCUT2D eigenvalue weighted by molar-refractivity contribution is 5.65. The number of hydrogen-bond donors (Lipinski definition) is 0. The van der Waals surface area contributed by atoms with Crippen LogP contribution in [0.2, 0.25) is 0 Å². The minimum Gasteiger partial charge on any atom is -0.356 e. The molecule has 2 nitrogen and oxygen atoms in total. The van der Waals surface area contributed by atoms with Crippen molar-refractivity contribution in [2.75, 3.05) is 14.2 Å². The normalized spacial score (nSPS) is 10.0. The van der Waals surface area contributed by atoms with Crippen molar-refractivity contribution in [3.63, 3.8) is 0 Å². The molecule has 2 aliphatic rings. The smallest absolute Gasteiger partial charge is 0.154 e. The standard InChI is InChI=1S/C10H8.C4H10O2/c1-2-5-9-7-4-8-10(9)6-3-1;1-4(5-2)6-3/h1-8H;4H,1-3H3. The first-order valence-electron chi connectivity index (χ1n) is 5.27. The Morgan fingerprint density at radius 3 is 1.56 bits per heavy atom. The van der Waals surface area contributed by atoms with E-state index in [1.165, 1.54) is 11.1 Å². The highest BCUT2D eigenvalue weighted by Gasteiger charge is 1.94. The Labute approximate surface area is 97.2 Å². The van der Waals surface area contributed by atoms with Gasteiger partial charge in [0.15, 0.2) is 6.29 Å². The van der Waals surface area contributed by atoms with Gasteiger partial charge in [0.1, 0.15) is 0 Å². The molecule has 0 unspecified atom stereocenters. The van der Waals surface area contributed by atoms with E-state index in [4.69, 9.17) is 0 Å². The fraction of sp³-hybridized carbons (Fsp3) is 0.286. The van der Waals surface area contributed by atoms with Gasteiger partial charge in [-0.3, -0.25) is 0 Å². The summed E-state index contributed by atoms with van der Waals surface area (Å²) >= 11 is 0. The van der Waals surface area contributed by atoms with Gasteiger partial charge in [-0.25, -0.2) is 0 Å². The SMILES string of the molecule is COC(C)OC.c1ccc2cccc-2cc1. The fourth-order valence-electron chi connectivity index (χ4n) is 1.23. The van der Waals surface area contributed by atoms with Crippen molar-refractivity contribution in [2.24, 2.45) is 0 Å². The van der Waals surface area contributed by atoms with E-state index in [0.29, 0.717) is 0 Å². The van der Waals surface area contributed by atoms with E-state index in [9.17, 15) is 0 Å². The van der Waals surface area contributed by atoms with Crippen LogP contribution in [0.4, 0.5) is 0 Å². The van der Waals surface area contributed by atoms with Crippen LogP contribution < -0.4 is 0 Å². The molecule has 0 saturated carbocycles. The molecule has 0 bridgehead atoms. The molecule has 0 aromatic carbocycles. The molecule has 0 fully saturated rings. The monoisotopic (exact) mass is 218 g/mol. The topological polar surface area (TPSA) is 18.5 Å². The maximum Gasteiger partial charge on any atom is 0.154 e. The van der Waals surface area contributed by atoms with E-state index in [1.54, 1.807) is 14.2 Å². The summed E-state index contributed by atoms with van der Waals surface area (Å²) in [7, 11) is 3.21. The molecule has 2 heteroatoms. The van der Waals surface area contributed by atoms with Crippen LogP contribution in [0, 0.1) is 0 Å². The van der Waals surface area contributed by atoms with Gasteiger partial charge in [0.25, 0.3) is 0 Å². The van der Waals surface area contributed by atoms with Gasteiger partial charge in [-0.05, 0) is 18.1 Å². The highest BCUT2D eigenvalue weighted by atomic mass is 16.7. The molecule has 2 rings (SSSR count). The Bertz CT molecular complexity index is 341. The van der Waals surface area contributed by atoms with Gasteiger partial charge in [-0.15, -0.1) is 0 Å². The predicted octanol–water partition coefficient (Wildman–Crippen LogP) is 3.42. The summed E-state index contributed by atoms with van der Waals surface area (Å²) in [6.07, 6.45) is -0.0648. The van der Waals surface area contributed by atoms with Crippen molar-refractivity contribution in [1.82, 2.24) is 0 Å². The molecule has 86 valence electrons. The van der Waals surface area contributed by atoms with Crippen molar-refractivity contribution in [1.29, 1.82) is 0 Å². The van der Waals surface area contributed by atoms with Gasteiger partial charge in [0, 0.05) is 14.2 Å². The van der Waals surface area contributed by atoms with E-state index in [0.717, 1.165) is 0 Å². The number of rotatable bonds is 2. The quantitative estimate of drug-likeness (QED) is 0.719. The zero-order valence-electron chi connectivity index (χ0n) is 10.0. The maximum atomic E-state index is 4.68. The van der Waals surface area contributed by atoms with Crippen molar-refractivity contribution < 1.29 is 9.47 Å². The zero-order valence-corrected chi connectivity index (χ0v) is 10.0. The summed E-state index contributed by atoms with van der Waals surface area (Å²) in [5.41, 5.74) is 2.62. The summed E-state index contributed by atoms with van der Waals surface area (Å²) in [4.78, 5) is 0. The van der Waals surface area contributed by atoms with Crippen LogP contribution in [-0.2, 0) is 9.47 Å². The van der Waals surface area contributed by atoms with Crippen molar-refractivity contribution in [3.05, 3.63) is 48.5 Å². The number of methoxy groups -OCH3 is 2. The van der Waals surface area contributed by atoms with Crippen molar-refractivity contribution in [3.8, 4) is 11.1 Å². The third kappa shape index (κ3) is 4.01. The minimum absolute atomic E-state index is 0.0648. The zero-order chi connectivity index (χ0) is 11.8. The third-order valence-corrected chi connectivity index (χ3v) is 2.32. The van der Waals surface area contributed by atoms with E-state index in [-0.39, 0.29) is 6.29 Å². The molecule has 0 aromatic heterocycles. The van der Waals surface area contributed by atoms with Crippen LogP contribution in [0.15, 0.2) is 48.5 Å². The Morgan fingerprint density at radius 2 is 1.19 bits per heavy atom. The summed E-state index contributed by atoms with van der Waals surface area (Å²) < 4.78 is 9.35. The summed E-state index contributed by atoms with van der Waals surface area (Å²) in [5, 5.41) is 0. The Kier molecular flexibility index (Phi) is 5.54. The Balaban J connectivity index is 0.000000187. The number of hydrogen-bond acceptors (Lipinski definition) is 2. The number of fused-ring (bicyclic) bond motifs is 1. The predicted molar refractivity (Wildman–Crippen MR) is 66.5 cm³/mol. The lowest BCUT2D eigenvalue weighted by Gasteiger charge is -2.03. The Hall–Kier alpha value is -1.38. The van der Waals surface area contributed by atoms with Crippen LogP contribution in [0.5, 0.6) is 0 Å². The molecule has 0 spiro atoms. The second-order valence-electron chi connectivity index (χ2n) is 3.39. The molecule has 0 amide bonds. The fourth-order valence-corrected chi connectivity index (χ4v) is 1.23. The lowest BCUT2D eigenvalue weighted by atomic mass is 10.2. The second-order valence-corrected chi connectivity index (χ2v) is 3.39. The first-order chi connectivity index (χ1) is 7.77. The van der Waals surface area contributed by atoms with Crippen LogP contribution in [-0.4, -0.2) is 20.5 Å². The maximum absolute atomic E-state index is 4.68. The lowest BCUT2D eigenvalue weighted by Crippen LogP contribution is -2.05. The second kappa shape index (κ2) is 6.99. The molecular formula is C14H18O2. The average molecular weight is 218 g/mol. The van der Waals surface area contributed by atoms with Crippen LogP contribution in [0.1, 0.15) is 6.92 Å². The molecule has 0 aliphatic heterocycles. The molecule has 0 aromatic rings. The molecule has 0 radical (unpaired) electrons. The number of ether oxygens (including phenoxy) is 2. The average Bonchev–Trinajstić information content (AvgIpc) is 2.66. The lowest BCUT2D eigenvalue weighted by molar-refractivity contribution is -0.0877. The van der Waals surface area contributed by atoms with Gasteiger partial charge >= 0.3 is 0 Å². The van der Waals surface area contributed by atoms with E-state index >= 15 is 0 Å². The minimum atomic E-state index is -0.0648. The van der Waals surface area contributed by atoms with Gasteiger partial charge in [0.2, 0.25) is 0 Å². The molecule has 0 saturated heterocycles. The summed E-state index contributed by atoms with van der Waals surface area (Å²) in [6, 6.07) is 16.7. The van der Waals surface area contributed by atoms with Gasteiger partial charge < -0.3 is 9.47 Å².